The highest BCUT2D eigenvalue weighted by atomic mass is 35.5. The van der Waals surface area contributed by atoms with Gasteiger partial charge in [-0.05, 0) is 36.8 Å². The fourth-order valence-electron chi connectivity index (χ4n) is 3.60. The van der Waals surface area contributed by atoms with E-state index in [2.05, 4.69) is 39.2 Å². The van der Waals surface area contributed by atoms with Crippen LogP contribution in [0.2, 0.25) is 5.02 Å². The highest BCUT2D eigenvalue weighted by molar-refractivity contribution is 6.30. The molecule has 0 spiro atoms. The van der Waals surface area contributed by atoms with E-state index in [0.29, 0.717) is 29.7 Å². The summed E-state index contributed by atoms with van der Waals surface area (Å²) in [4.78, 5) is 11.2. The van der Waals surface area contributed by atoms with Gasteiger partial charge in [-0.15, -0.1) is 0 Å². The van der Waals surface area contributed by atoms with E-state index in [1.165, 1.54) is 12.8 Å². The molecule has 1 unspecified atom stereocenters. The molecule has 0 amide bonds. The molecule has 1 fully saturated rings. The maximum atomic E-state index is 6.02. The first-order valence-electron chi connectivity index (χ1n) is 9.59. The Balaban J connectivity index is 1.49. The van der Waals surface area contributed by atoms with Crippen LogP contribution in [0.3, 0.4) is 0 Å². The van der Waals surface area contributed by atoms with Gasteiger partial charge in [0.05, 0.1) is 0 Å². The number of aromatic nitrogens is 2. The van der Waals surface area contributed by atoms with E-state index < -0.39 is 0 Å². The largest absolute Gasteiger partial charge is 0.356 e. The van der Waals surface area contributed by atoms with E-state index >= 15 is 0 Å². The summed E-state index contributed by atoms with van der Waals surface area (Å²) in [5.41, 5.74) is 0.856. The molecule has 146 valence electrons. The number of halogens is 1. The maximum absolute atomic E-state index is 6.02. The smallest absolute Gasteiger partial charge is 0.228 e. The molecule has 27 heavy (non-hydrogen) atoms. The molecule has 0 bridgehead atoms. The third-order valence-corrected chi connectivity index (χ3v) is 5.01. The Bertz CT molecular complexity index is 773. The van der Waals surface area contributed by atoms with Crippen LogP contribution < -0.4 is 5.32 Å². The number of nitrogens with one attached hydrogen (secondary N) is 1. The Kier molecular flexibility index (Phi) is 6.72. The lowest BCUT2D eigenvalue weighted by atomic mass is 9.97. The molecule has 7 heteroatoms. The standard InChI is InChI=1S/C20H28ClN5O/c1-14(2)11-15-8-10-26(13-15)20(22-3)23-9-7-18-24-19(25-27-18)16-5-4-6-17(21)12-16/h4-6,12,14-15H,7-11,13H2,1-3H3,(H,22,23). The van der Waals surface area contributed by atoms with Crippen molar-refractivity contribution in [1.82, 2.24) is 20.4 Å². The third kappa shape index (κ3) is 5.45. The molecule has 0 radical (unpaired) electrons. The van der Waals surface area contributed by atoms with Crippen molar-refractivity contribution in [2.45, 2.75) is 33.1 Å². The normalized spacial score (nSPS) is 17.7. The topological polar surface area (TPSA) is 66.5 Å². The molecule has 1 atom stereocenters. The Morgan fingerprint density at radius 2 is 2.30 bits per heavy atom. The van der Waals surface area contributed by atoms with E-state index in [9.17, 15) is 0 Å². The van der Waals surface area contributed by atoms with Gasteiger partial charge in [-0.1, -0.05) is 42.7 Å². The monoisotopic (exact) mass is 389 g/mol. The minimum absolute atomic E-state index is 0.563. The first kappa shape index (κ1) is 19.7. The van der Waals surface area contributed by atoms with Gasteiger partial charge in [-0.25, -0.2) is 0 Å². The van der Waals surface area contributed by atoms with Crippen LogP contribution >= 0.6 is 11.6 Å². The van der Waals surface area contributed by atoms with Gasteiger partial charge in [0.1, 0.15) is 0 Å². The van der Waals surface area contributed by atoms with Crippen molar-refractivity contribution in [1.29, 1.82) is 0 Å². The fourth-order valence-corrected chi connectivity index (χ4v) is 3.79. The summed E-state index contributed by atoms with van der Waals surface area (Å²) in [6.45, 7) is 7.43. The van der Waals surface area contributed by atoms with Crippen LogP contribution in [0, 0.1) is 11.8 Å². The fraction of sp³-hybridized carbons (Fsp3) is 0.550. The summed E-state index contributed by atoms with van der Waals surface area (Å²) in [5, 5.41) is 8.12. The Morgan fingerprint density at radius 1 is 1.44 bits per heavy atom. The van der Waals surface area contributed by atoms with Gasteiger partial charge in [0.15, 0.2) is 5.96 Å². The minimum atomic E-state index is 0.563. The number of nitrogens with zero attached hydrogens (tertiary/aromatic N) is 4. The first-order chi connectivity index (χ1) is 13.0. The second-order valence-electron chi connectivity index (χ2n) is 7.48. The van der Waals surface area contributed by atoms with Crippen molar-refractivity contribution in [2.75, 3.05) is 26.7 Å². The lowest BCUT2D eigenvalue weighted by Gasteiger charge is -2.21. The molecular formula is C20H28ClN5O. The Labute approximate surface area is 166 Å². The number of aliphatic imine (C=N–C) groups is 1. The van der Waals surface area contributed by atoms with Crippen molar-refractivity contribution in [3.05, 3.63) is 35.2 Å². The zero-order valence-corrected chi connectivity index (χ0v) is 17.0. The number of hydrogen-bond donors (Lipinski definition) is 1. The van der Waals surface area contributed by atoms with Gasteiger partial charge < -0.3 is 14.7 Å². The third-order valence-electron chi connectivity index (χ3n) is 4.77. The number of likely N-dealkylation sites (tertiary alicyclic amines) is 1. The van der Waals surface area contributed by atoms with E-state index in [0.717, 1.165) is 36.4 Å². The maximum Gasteiger partial charge on any atom is 0.228 e. The molecule has 2 aromatic rings. The van der Waals surface area contributed by atoms with Crippen molar-refractivity contribution < 1.29 is 4.52 Å². The summed E-state index contributed by atoms with van der Waals surface area (Å²) in [7, 11) is 1.84. The Hall–Kier alpha value is -2.08. The van der Waals surface area contributed by atoms with Crippen molar-refractivity contribution in [3.63, 3.8) is 0 Å². The molecule has 3 rings (SSSR count). The SMILES string of the molecule is CN=C(NCCc1nc(-c2cccc(Cl)c2)no1)N1CCC(CC(C)C)C1. The molecule has 1 N–H and O–H groups in total. The zero-order valence-electron chi connectivity index (χ0n) is 16.3. The molecule has 1 aliphatic rings. The van der Waals surface area contributed by atoms with Crippen molar-refractivity contribution in [3.8, 4) is 11.4 Å². The first-order valence-corrected chi connectivity index (χ1v) is 9.97. The van der Waals surface area contributed by atoms with Gasteiger partial charge in [0.2, 0.25) is 11.7 Å². The molecule has 1 saturated heterocycles. The lowest BCUT2D eigenvalue weighted by molar-refractivity contribution is 0.376. The summed E-state index contributed by atoms with van der Waals surface area (Å²) in [6.07, 6.45) is 3.17. The summed E-state index contributed by atoms with van der Waals surface area (Å²) >= 11 is 6.02. The van der Waals surface area contributed by atoms with Crippen LogP contribution in [0.25, 0.3) is 11.4 Å². The van der Waals surface area contributed by atoms with Crippen LogP contribution in [0.4, 0.5) is 0 Å². The molecule has 6 nitrogen and oxygen atoms in total. The summed E-state index contributed by atoms with van der Waals surface area (Å²) in [6, 6.07) is 7.45. The van der Waals surface area contributed by atoms with E-state index in [-0.39, 0.29) is 0 Å². The molecule has 0 aliphatic carbocycles. The van der Waals surface area contributed by atoms with Gasteiger partial charge in [0.25, 0.3) is 0 Å². The number of benzene rings is 1. The number of guanidine groups is 1. The Morgan fingerprint density at radius 3 is 3.04 bits per heavy atom. The minimum Gasteiger partial charge on any atom is -0.356 e. The lowest BCUT2D eigenvalue weighted by Crippen LogP contribution is -2.40. The summed E-state index contributed by atoms with van der Waals surface area (Å²) in [5.74, 6) is 3.63. The van der Waals surface area contributed by atoms with E-state index in [1.54, 1.807) is 0 Å². The number of hydrogen-bond acceptors (Lipinski definition) is 4. The molecule has 1 aromatic carbocycles. The van der Waals surface area contributed by atoms with Crippen molar-refractivity contribution in [2.24, 2.45) is 16.8 Å². The van der Waals surface area contributed by atoms with Crippen LogP contribution in [0.15, 0.2) is 33.8 Å². The van der Waals surface area contributed by atoms with Crippen LogP contribution in [-0.4, -0.2) is 47.7 Å². The summed E-state index contributed by atoms with van der Waals surface area (Å²) < 4.78 is 5.36. The predicted octanol–water partition coefficient (Wildman–Crippen LogP) is 3.88. The molecule has 1 aromatic heterocycles. The number of rotatable bonds is 6. The van der Waals surface area contributed by atoms with Gasteiger partial charge >= 0.3 is 0 Å². The van der Waals surface area contributed by atoms with Crippen LogP contribution in [-0.2, 0) is 6.42 Å². The zero-order chi connectivity index (χ0) is 19.2. The quantitative estimate of drug-likeness (QED) is 0.600. The van der Waals surface area contributed by atoms with Gasteiger partial charge in [0, 0.05) is 43.7 Å². The highest BCUT2D eigenvalue weighted by Crippen LogP contribution is 2.23. The van der Waals surface area contributed by atoms with Gasteiger partial charge in [-0.2, -0.15) is 4.98 Å². The van der Waals surface area contributed by atoms with E-state index in [1.807, 2.05) is 31.3 Å². The van der Waals surface area contributed by atoms with Crippen LogP contribution in [0.5, 0.6) is 0 Å². The second-order valence-corrected chi connectivity index (χ2v) is 7.91. The average Bonchev–Trinajstić information content (AvgIpc) is 3.28. The van der Waals surface area contributed by atoms with Crippen molar-refractivity contribution >= 4 is 17.6 Å². The molecule has 2 heterocycles. The molecule has 0 saturated carbocycles. The second kappa shape index (κ2) is 9.22. The molecular weight excluding hydrogens is 362 g/mol. The van der Waals surface area contributed by atoms with Crippen LogP contribution in [0.1, 0.15) is 32.6 Å². The van der Waals surface area contributed by atoms with Gasteiger partial charge in [-0.3, -0.25) is 4.99 Å². The predicted molar refractivity (Wildman–Crippen MR) is 109 cm³/mol. The highest BCUT2D eigenvalue weighted by Gasteiger charge is 2.25. The molecule has 1 aliphatic heterocycles. The average molecular weight is 390 g/mol. The van der Waals surface area contributed by atoms with E-state index in [4.69, 9.17) is 16.1 Å².